The van der Waals surface area contributed by atoms with Crippen LogP contribution in [0.15, 0.2) is 42.9 Å². The first-order chi connectivity index (χ1) is 10.8. The van der Waals surface area contributed by atoms with Gasteiger partial charge in [0.05, 0.1) is 11.9 Å². The van der Waals surface area contributed by atoms with E-state index in [-0.39, 0.29) is 5.91 Å². The molecule has 2 aromatic rings. The number of carbonyl (C=O) groups excluding carboxylic acids is 1. The second kappa shape index (κ2) is 7.02. The summed E-state index contributed by atoms with van der Waals surface area (Å²) in [6, 6.07) is 7.89. The largest absolute Gasteiger partial charge is 0.380 e. The molecule has 1 aliphatic rings. The molecule has 2 heterocycles. The van der Waals surface area contributed by atoms with Gasteiger partial charge in [0, 0.05) is 25.0 Å². The first-order valence-electron chi connectivity index (χ1n) is 7.71. The molecule has 0 aromatic carbocycles. The van der Waals surface area contributed by atoms with E-state index in [4.69, 9.17) is 0 Å². The SMILES string of the molecule is O=C(NC1CCCC1)c1ccc(NCc2ccncc2)cn1. The minimum Gasteiger partial charge on any atom is -0.380 e. The Bertz CT molecular complexity index is 606. The Hall–Kier alpha value is -2.43. The predicted octanol–water partition coefficient (Wildman–Crippen LogP) is 2.76. The summed E-state index contributed by atoms with van der Waals surface area (Å²) in [6.07, 6.45) is 9.81. The summed E-state index contributed by atoms with van der Waals surface area (Å²) in [5.41, 5.74) is 2.52. The zero-order chi connectivity index (χ0) is 15.2. The van der Waals surface area contributed by atoms with Crippen LogP contribution in [-0.4, -0.2) is 21.9 Å². The fourth-order valence-electron chi connectivity index (χ4n) is 2.67. The maximum absolute atomic E-state index is 12.1. The highest BCUT2D eigenvalue weighted by atomic mass is 16.1. The molecule has 1 fully saturated rings. The van der Waals surface area contributed by atoms with Gasteiger partial charge in [-0.1, -0.05) is 12.8 Å². The Morgan fingerprint density at radius 3 is 2.59 bits per heavy atom. The van der Waals surface area contributed by atoms with Crippen molar-refractivity contribution in [1.82, 2.24) is 15.3 Å². The Morgan fingerprint density at radius 2 is 1.91 bits per heavy atom. The van der Waals surface area contributed by atoms with E-state index in [0.717, 1.165) is 24.1 Å². The molecule has 0 aliphatic heterocycles. The molecule has 0 bridgehead atoms. The van der Waals surface area contributed by atoms with Crippen molar-refractivity contribution in [3.8, 4) is 0 Å². The maximum Gasteiger partial charge on any atom is 0.270 e. The summed E-state index contributed by atoms with van der Waals surface area (Å²) in [5, 5.41) is 6.32. The van der Waals surface area contributed by atoms with Crippen molar-refractivity contribution in [2.45, 2.75) is 38.3 Å². The molecule has 1 saturated carbocycles. The van der Waals surface area contributed by atoms with E-state index < -0.39 is 0 Å². The molecule has 0 saturated heterocycles. The molecular formula is C17H20N4O. The molecule has 1 amide bonds. The number of nitrogens with zero attached hydrogens (tertiary/aromatic N) is 2. The van der Waals surface area contributed by atoms with Gasteiger partial charge in [0.2, 0.25) is 0 Å². The van der Waals surface area contributed by atoms with Gasteiger partial charge in [-0.05, 0) is 42.7 Å². The third-order valence-electron chi connectivity index (χ3n) is 3.93. The lowest BCUT2D eigenvalue weighted by Gasteiger charge is -2.11. The van der Waals surface area contributed by atoms with Crippen LogP contribution in [0.3, 0.4) is 0 Å². The molecule has 1 aliphatic carbocycles. The smallest absolute Gasteiger partial charge is 0.270 e. The highest BCUT2D eigenvalue weighted by molar-refractivity contribution is 5.92. The quantitative estimate of drug-likeness (QED) is 0.890. The third kappa shape index (κ3) is 3.81. The summed E-state index contributed by atoms with van der Waals surface area (Å²) >= 11 is 0. The summed E-state index contributed by atoms with van der Waals surface area (Å²) in [4.78, 5) is 20.3. The van der Waals surface area contributed by atoms with Crippen molar-refractivity contribution in [2.75, 3.05) is 5.32 Å². The Kier molecular flexibility index (Phi) is 4.63. The van der Waals surface area contributed by atoms with Crippen LogP contribution >= 0.6 is 0 Å². The van der Waals surface area contributed by atoms with E-state index in [0.29, 0.717) is 18.3 Å². The van der Waals surface area contributed by atoms with Gasteiger partial charge in [0.1, 0.15) is 5.69 Å². The fraction of sp³-hybridized carbons (Fsp3) is 0.353. The lowest BCUT2D eigenvalue weighted by molar-refractivity contribution is 0.0933. The molecule has 0 radical (unpaired) electrons. The molecule has 0 spiro atoms. The zero-order valence-electron chi connectivity index (χ0n) is 12.5. The molecule has 22 heavy (non-hydrogen) atoms. The van der Waals surface area contributed by atoms with Gasteiger partial charge in [-0.3, -0.25) is 9.78 Å². The van der Waals surface area contributed by atoms with E-state index in [1.54, 1.807) is 24.7 Å². The van der Waals surface area contributed by atoms with Crippen molar-refractivity contribution >= 4 is 11.6 Å². The van der Waals surface area contributed by atoms with Crippen LogP contribution in [0.2, 0.25) is 0 Å². The first-order valence-corrected chi connectivity index (χ1v) is 7.71. The van der Waals surface area contributed by atoms with Crippen molar-refractivity contribution in [3.05, 3.63) is 54.1 Å². The van der Waals surface area contributed by atoms with Crippen LogP contribution in [0.4, 0.5) is 5.69 Å². The Morgan fingerprint density at radius 1 is 1.14 bits per heavy atom. The predicted molar refractivity (Wildman–Crippen MR) is 85.5 cm³/mol. The lowest BCUT2D eigenvalue weighted by Crippen LogP contribution is -2.33. The number of aromatic nitrogens is 2. The minimum absolute atomic E-state index is 0.0763. The molecule has 5 heteroatoms. The zero-order valence-corrected chi connectivity index (χ0v) is 12.5. The average Bonchev–Trinajstić information content (AvgIpc) is 3.07. The number of anilines is 1. The van der Waals surface area contributed by atoms with Crippen LogP contribution < -0.4 is 10.6 Å². The molecule has 5 nitrogen and oxygen atoms in total. The first kappa shape index (κ1) is 14.5. The molecule has 114 valence electrons. The van der Waals surface area contributed by atoms with Crippen molar-refractivity contribution in [2.24, 2.45) is 0 Å². The Balaban J connectivity index is 1.54. The topological polar surface area (TPSA) is 66.9 Å². The summed E-state index contributed by atoms with van der Waals surface area (Å²) < 4.78 is 0. The van der Waals surface area contributed by atoms with Crippen LogP contribution in [0.5, 0.6) is 0 Å². The van der Waals surface area contributed by atoms with Gasteiger partial charge < -0.3 is 10.6 Å². The normalized spacial score (nSPS) is 14.7. The third-order valence-corrected chi connectivity index (χ3v) is 3.93. The van der Waals surface area contributed by atoms with Gasteiger partial charge >= 0.3 is 0 Å². The Labute approximate surface area is 130 Å². The van der Waals surface area contributed by atoms with Crippen LogP contribution in [0.25, 0.3) is 0 Å². The number of amides is 1. The van der Waals surface area contributed by atoms with Gasteiger partial charge in [-0.15, -0.1) is 0 Å². The molecule has 3 rings (SSSR count). The summed E-state index contributed by atoms with van der Waals surface area (Å²) in [6.45, 7) is 0.706. The van der Waals surface area contributed by atoms with Gasteiger partial charge in [-0.25, -0.2) is 4.98 Å². The van der Waals surface area contributed by atoms with Crippen molar-refractivity contribution in [1.29, 1.82) is 0 Å². The number of rotatable bonds is 5. The molecule has 0 unspecified atom stereocenters. The van der Waals surface area contributed by atoms with Crippen LogP contribution in [0.1, 0.15) is 41.7 Å². The number of carbonyl (C=O) groups is 1. The standard InChI is InChI=1S/C17H20N4O/c22-17(21-14-3-1-2-4-14)16-6-5-15(12-20-16)19-11-13-7-9-18-10-8-13/h5-10,12,14,19H,1-4,11H2,(H,21,22). The molecule has 2 aromatic heterocycles. The monoisotopic (exact) mass is 296 g/mol. The summed E-state index contributed by atoms with van der Waals surface area (Å²) in [7, 11) is 0. The van der Waals surface area contributed by atoms with Gasteiger partial charge in [0.25, 0.3) is 5.91 Å². The van der Waals surface area contributed by atoms with E-state index >= 15 is 0 Å². The highest BCUT2D eigenvalue weighted by Crippen LogP contribution is 2.18. The van der Waals surface area contributed by atoms with E-state index in [2.05, 4.69) is 20.6 Å². The van der Waals surface area contributed by atoms with E-state index in [1.165, 1.54) is 12.8 Å². The second-order valence-corrected chi connectivity index (χ2v) is 5.60. The van der Waals surface area contributed by atoms with Gasteiger partial charge in [-0.2, -0.15) is 0 Å². The number of nitrogens with one attached hydrogen (secondary N) is 2. The lowest BCUT2D eigenvalue weighted by atomic mass is 10.2. The molecule has 0 atom stereocenters. The van der Waals surface area contributed by atoms with Crippen molar-refractivity contribution < 1.29 is 4.79 Å². The molecular weight excluding hydrogens is 276 g/mol. The number of hydrogen-bond acceptors (Lipinski definition) is 4. The van der Waals surface area contributed by atoms with Crippen LogP contribution in [-0.2, 0) is 6.54 Å². The minimum atomic E-state index is -0.0763. The van der Waals surface area contributed by atoms with Crippen molar-refractivity contribution in [3.63, 3.8) is 0 Å². The van der Waals surface area contributed by atoms with E-state index in [1.807, 2.05) is 18.2 Å². The maximum atomic E-state index is 12.1. The number of hydrogen-bond donors (Lipinski definition) is 2. The average molecular weight is 296 g/mol. The van der Waals surface area contributed by atoms with Gasteiger partial charge in [0.15, 0.2) is 0 Å². The second-order valence-electron chi connectivity index (χ2n) is 5.60. The van der Waals surface area contributed by atoms with Crippen LogP contribution in [0, 0.1) is 0 Å². The number of pyridine rings is 2. The highest BCUT2D eigenvalue weighted by Gasteiger charge is 2.18. The molecule has 2 N–H and O–H groups in total. The summed E-state index contributed by atoms with van der Waals surface area (Å²) in [5.74, 6) is -0.0763. The van der Waals surface area contributed by atoms with E-state index in [9.17, 15) is 4.79 Å². The fourth-order valence-corrected chi connectivity index (χ4v) is 2.67.